The first-order valence-electron chi connectivity index (χ1n) is 21.8. The zero-order valence-electron chi connectivity index (χ0n) is 36.2. The smallest absolute Gasteiger partial charge is 0.472 e. The van der Waals surface area contributed by atoms with Gasteiger partial charge in [-0.25, -0.2) is 4.57 Å². The standard InChI is InChI=1S/C46H82NO8P/c1-6-8-10-12-14-16-18-20-21-22-24-26-28-30-32-34-40-52-45(43-55-56(50,51)54-41-39-47(3,4)5)42-53-46(49)38-35-37-44(48)36-33-31-29-27-25-23-19-17-15-13-11-9-7-2/h15,17,20-21,23,25,29,31,33-34,36,40,44-45,48H,6-14,16,18-19,22,24,26-28,30,32,35,37-39,41-43H2,1-5H3/p+1/b17-15-,21-20-,25-23-,31-29-,36-33+,40-34+/t44-,45-/m1/s1. The van der Waals surface area contributed by atoms with Gasteiger partial charge in [-0.2, -0.15) is 0 Å². The fraction of sp³-hybridized carbons (Fsp3) is 0.717. The molecule has 0 heterocycles. The maximum Gasteiger partial charge on any atom is 0.472 e. The van der Waals surface area contributed by atoms with Gasteiger partial charge in [-0.15, -0.1) is 0 Å². The Hall–Kier alpha value is -2.26. The van der Waals surface area contributed by atoms with Crippen molar-refractivity contribution >= 4 is 13.8 Å². The number of aliphatic hydroxyl groups is 1. The van der Waals surface area contributed by atoms with E-state index in [4.69, 9.17) is 18.5 Å². The number of ether oxygens (including phenoxy) is 2. The van der Waals surface area contributed by atoms with Crippen LogP contribution >= 0.6 is 7.82 Å². The summed E-state index contributed by atoms with van der Waals surface area (Å²) in [6, 6.07) is 0. The lowest BCUT2D eigenvalue weighted by Crippen LogP contribution is -2.37. The molecule has 0 amide bonds. The fourth-order valence-corrected chi connectivity index (χ4v) is 6.14. The van der Waals surface area contributed by atoms with Gasteiger partial charge in [0, 0.05) is 6.42 Å². The van der Waals surface area contributed by atoms with E-state index in [1.165, 1.54) is 77.0 Å². The zero-order chi connectivity index (χ0) is 41.4. The molecule has 0 rings (SSSR count). The van der Waals surface area contributed by atoms with Crippen molar-refractivity contribution in [3.05, 3.63) is 73.1 Å². The van der Waals surface area contributed by atoms with Crippen LogP contribution in [0.3, 0.4) is 0 Å². The predicted molar refractivity (Wildman–Crippen MR) is 234 cm³/mol. The lowest BCUT2D eigenvalue weighted by Gasteiger charge is -2.24. The van der Waals surface area contributed by atoms with E-state index in [9.17, 15) is 19.4 Å². The Morgan fingerprint density at radius 1 is 0.661 bits per heavy atom. The van der Waals surface area contributed by atoms with Gasteiger partial charge in [-0.1, -0.05) is 132 Å². The molecule has 0 aliphatic carbocycles. The molecule has 10 heteroatoms. The van der Waals surface area contributed by atoms with E-state index < -0.39 is 26.0 Å². The van der Waals surface area contributed by atoms with E-state index in [1.54, 1.807) is 12.3 Å². The molecule has 0 saturated heterocycles. The number of carbonyl (C=O) groups is 1. The van der Waals surface area contributed by atoms with E-state index >= 15 is 0 Å². The molecule has 0 bridgehead atoms. The van der Waals surface area contributed by atoms with E-state index in [1.807, 2.05) is 45.4 Å². The molecule has 324 valence electrons. The molecule has 0 aliphatic rings. The summed E-state index contributed by atoms with van der Waals surface area (Å²) in [6.07, 6.45) is 46.4. The van der Waals surface area contributed by atoms with Crippen molar-refractivity contribution < 1.29 is 42.4 Å². The number of unbranched alkanes of at least 4 members (excludes halogenated alkanes) is 14. The summed E-state index contributed by atoms with van der Waals surface area (Å²) >= 11 is 0. The van der Waals surface area contributed by atoms with Crippen LogP contribution in [0, 0.1) is 0 Å². The first kappa shape index (κ1) is 53.7. The number of likely N-dealkylation sites (N-methyl/N-ethyl adjacent to an activating group) is 1. The van der Waals surface area contributed by atoms with E-state index in [2.05, 4.69) is 50.3 Å². The first-order valence-corrected chi connectivity index (χ1v) is 23.3. The summed E-state index contributed by atoms with van der Waals surface area (Å²) < 4.78 is 34.6. The fourth-order valence-electron chi connectivity index (χ4n) is 5.40. The quantitative estimate of drug-likeness (QED) is 0.0120. The summed E-state index contributed by atoms with van der Waals surface area (Å²) in [4.78, 5) is 22.7. The highest BCUT2D eigenvalue weighted by atomic mass is 31.2. The Balaban J connectivity index is 4.52. The molecular weight excluding hydrogens is 725 g/mol. The molecular formula is C46H83NO8P+. The normalized spacial score (nSPS) is 15.0. The van der Waals surface area contributed by atoms with Gasteiger partial charge in [-0.05, 0) is 83.1 Å². The van der Waals surface area contributed by atoms with E-state index in [0.29, 0.717) is 23.9 Å². The highest BCUT2D eigenvalue weighted by Gasteiger charge is 2.25. The van der Waals surface area contributed by atoms with Crippen LogP contribution in [0.15, 0.2) is 73.1 Å². The molecule has 3 atom stereocenters. The highest BCUT2D eigenvalue weighted by Crippen LogP contribution is 2.43. The molecule has 0 aromatic carbocycles. The number of rotatable bonds is 39. The maximum atomic E-state index is 12.5. The first-order chi connectivity index (χ1) is 27.0. The Labute approximate surface area is 343 Å². The summed E-state index contributed by atoms with van der Waals surface area (Å²) in [5.74, 6) is -0.440. The number of phosphoric ester groups is 1. The van der Waals surface area contributed by atoms with Crippen LogP contribution in [0.1, 0.15) is 155 Å². The SMILES string of the molecule is CCCCC/C=C\C/C=C\C/C=C\C=C\[C@@H](O)CCCC(=O)OC[C@H](COP(=O)(O)OCC[N+](C)(C)C)O/C=C/CCCCCC/C=C\CCCCCCCC. The van der Waals surface area contributed by atoms with Gasteiger partial charge in [0.2, 0.25) is 0 Å². The van der Waals surface area contributed by atoms with Crippen molar-refractivity contribution in [3.8, 4) is 0 Å². The van der Waals surface area contributed by atoms with Gasteiger partial charge in [-0.3, -0.25) is 13.8 Å². The van der Waals surface area contributed by atoms with Crippen LogP contribution in [0.2, 0.25) is 0 Å². The van der Waals surface area contributed by atoms with Gasteiger partial charge >= 0.3 is 13.8 Å². The van der Waals surface area contributed by atoms with Gasteiger partial charge in [0.25, 0.3) is 0 Å². The Kier molecular flexibility index (Phi) is 36.7. The average Bonchev–Trinajstić information content (AvgIpc) is 3.14. The van der Waals surface area contributed by atoms with Crippen LogP contribution in [0.5, 0.6) is 0 Å². The number of aliphatic hydroxyl groups excluding tert-OH is 1. The monoisotopic (exact) mass is 809 g/mol. The van der Waals surface area contributed by atoms with Gasteiger partial charge in [0.1, 0.15) is 19.8 Å². The Morgan fingerprint density at radius 3 is 1.84 bits per heavy atom. The number of hydrogen-bond acceptors (Lipinski definition) is 7. The molecule has 0 spiro atoms. The molecule has 9 nitrogen and oxygen atoms in total. The van der Waals surface area contributed by atoms with Crippen molar-refractivity contribution in [2.24, 2.45) is 0 Å². The third kappa shape index (κ3) is 41.4. The Morgan fingerprint density at radius 2 is 1.20 bits per heavy atom. The minimum atomic E-state index is -4.32. The van der Waals surface area contributed by atoms with Crippen molar-refractivity contribution in [2.75, 3.05) is 47.5 Å². The molecule has 0 fully saturated rings. The number of carbonyl (C=O) groups excluding carboxylic acids is 1. The second kappa shape index (κ2) is 38.3. The molecule has 56 heavy (non-hydrogen) atoms. The van der Waals surface area contributed by atoms with Crippen LogP contribution in [-0.2, 0) is 27.9 Å². The van der Waals surface area contributed by atoms with Crippen LogP contribution in [0.25, 0.3) is 0 Å². The molecule has 0 aliphatic heterocycles. The molecule has 0 saturated carbocycles. The lowest BCUT2D eigenvalue weighted by molar-refractivity contribution is -0.870. The number of esters is 1. The van der Waals surface area contributed by atoms with Gasteiger partial charge < -0.3 is 24.0 Å². The number of phosphoric acid groups is 1. The van der Waals surface area contributed by atoms with Crippen molar-refractivity contribution in [1.29, 1.82) is 0 Å². The van der Waals surface area contributed by atoms with Crippen LogP contribution in [0.4, 0.5) is 0 Å². The minimum absolute atomic E-state index is 0.0548. The summed E-state index contributed by atoms with van der Waals surface area (Å²) in [5, 5.41) is 10.3. The zero-order valence-corrected chi connectivity index (χ0v) is 37.1. The third-order valence-electron chi connectivity index (χ3n) is 8.93. The van der Waals surface area contributed by atoms with Crippen LogP contribution < -0.4 is 0 Å². The molecule has 0 radical (unpaired) electrons. The largest absolute Gasteiger partial charge is 0.492 e. The average molecular weight is 809 g/mol. The summed E-state index contributed by atoms with van der Waals surface area (Å²) in [7, 11) is 1.56. The van der Waals surface area contributed by atoms with Crippen molar-refractivity contribution in [1.82, 2.24) is 0 Å². The summed E-state index contributed by atoms with van der Waals surface area (Å²) in [5.41, 5.74) is 0. The van der Waals surface area contributed by atoms with Gasteiger partial charge in [0.05, 0.1) is 40.1 Å². The van der Waals surface area contributed by atoms with E-state index in [0.717, 1.165) is 44.9 Å². The van der Waals surface area contributed by atoms with Crippen LogP contribution in [-0.4, -0.2) is 80.2 Å². The van der Waals surface area contributed by atoms with Crippen molar-refractivity contribution in [3.63, 3.8) is 0 Å². The number of quaternary nitrogens is 1. The number of hydrogen-bond donors (Lipinski definition) is 2. The van der Waals surface area contributed by atoms with Crippen molar-refractivity contribution in [2.45, 2.75) is 167 Å². The van der Waals surface area contributed by atoms with E-state index in [-0.39, 0.29) is 26.2 Å². The molecule has 0 aromatic heterocycles. The third-order valence-corrected chi connectivity index (χ3v) is 9.92. The second-order valence-electron chi connectivity index (χ2n) is 15.6. The lowest BCUT2D eigenvalue weighted by atomic mass is 10.1. The topological polar surface area (TPSA) is 112 Å². The molecule has 2 N–H and O–H groups in total. The number of allylic oxidation sites excluding steroid dienone is 10. The summed E-state index contributed by atoms with van der Waals surface area (Å²) in [6.45, 7) is 4.62. The molecule has 0 aromatic rings. The maximum absolute atomic E-state index is 12.5. The molecule has 1 unspecified atom stereocenters. The predicted octanol–water partition coefficient (Wildman–Crippen LogP) is 12.0. The minimum Gasteiger partial charge on any atom is -0.492 e. The Bertz CT molecular complexity index is 1140. The highest BCUT2D eigenvalue weighted by molar-refractivity contribution is 7.47. The second-order valence-corrected chi connectivity index (χ2v) is 17.1. The van der Waals surface area contributed by atoms with Gasteiger partial charge in [0.15, 0.2) is 6.10 Å². The number of nitrogens with zero attached hydrogens (tertiary/aromatic N) is 1.